The van der Waals surface area contributed by atoms with Crippen LogP contribution in [0.3, 0.4) is 0 Å². The van der Waals surface area contributed by atoms with Crippen LogP contribution in [0, 0.1) is 0 Å². The Morgan fingerprint density at radius 2 is 0.610 bits per heavy atom. The van der Waals surface area contributed by atoms with Crippen LogP contribution in [0.5, 0.6) is 0 Å². The molecule has 0 atom stereocenters. The van der Waals surface area contributed by atoms with Gasteiger partial charge in [-0.15, -0.1) is 15.8 Å². The van der Waals surface area contributed by atoms with E-state index >= 15 is 0 Å². The second-order valence-electron chi connectivity index (χ2n) is 11.0. The minimum Gasteiger partial charge on any atom is -0.107 e. The number of unbranched alkanes of at least 4 members (excludes halogenated alkanes) is 6. The Kier molecular flexibility index (Phi) is 35.4. The molecule has 0 bridgehead atoms. The number of hydrogen-bond donors (Lipinski definition) is 0. The Morgan fingerprint density at radius 1 is 0.390 bits per heavy atom. The summed E-state index contributed by atoms with van der Waals surface area (Å²) in [5, 5.41) is 0. The Morgan fingerprint density at radius 3 is 0.805 bits per heavy atom. The van der Waals surface area contributed by atoms with Gasteiger partial charge >= 0.3 is 0 Å². The molecular weight excluding hydrogens is 577 g/mol. The van der Waals surface area contributed by atoms with Crippen molar-refractivity contribution in [3.63, 3.8) is 0 Å². The summed E-state index contributed by atoms with van der Waals surface area (Å²) in [5.41, 5.74) is 2.47. The molecule has 2 aromatic carbocycles. The predicted molar refractivity (Wildman–Crippen MR) is 194 cm³/mol. The molecule has 0 saturated carbocycles. The minimum atomic E-state index is 0. The third-order valence-electron chi connectivity index (χ3n) is 7.03. The average molecular weight is 644 g/mol. The van der Waals surface area contributed by atoms with Crippen LogP contribution in [-0.2, 0) is 16.5 Å². The monoisotopic (exact) mass is 642 g/mol. The molecule has 0 spiro atoms. The zero-order valence-electron chi connectivity index (χ0n) is 27.9. The second-order valence-corrected chi connectivity index (χ2v) is 16.3. The number of benzene rings is 2. The zero-order chi connectivity index (χ0) is 29.5. The molecule has 41 heavy (non-hydrogen) atoms. The van der Waals surface area contributed by atoms with Crippen molar-refractivity contribution in [2.24, 2.45) is 0 Å². The van der Waals surface area contributed by atoms with Gasteiger partial charge in [-0.1, -0.05) is 153 Å². The van der Waals surface area contributed by atoms with Gasteiger partial charge in [0, 0.05) is 16.5 Å². The SMILES string of the molecule is C(=Cc1ccccc1)c1ccccc1.CCCCP(CCCC)CCCC.CCCCP(CCCC)CCCC.[Ni]. The van der Waals surface area contributed by atoms with Crippen molar-refractivity contribution in [1.29, 1.82) is 0 Å². The Labute approximate surface area is 270 Å². The van der Waals surface area contributed by atoms with Gasteiger partial charge in [0.15, 0.2) is 0 Å². The van der Waals surface area contributed by atoms with Gasteiger partial charge in [-0.2, -0.15) is 0 Å². The normalized spacial score (nSPS) is 10.6. The average Bonchev–Trinajstić information content (AvgIpc) is 3.01. The quantitative estimate of drug-likeness (QED) is 0.0765. The Bertz CT molecular complexity index is 659. The summed E-state index contributed by atoms with van der Waals surface area (Å²) in [6.45, 7) is 13.9. The maximum Gasteiger partial charge on any atom is 0 e. The van der Waals surface area contributed by atoms with Crippen molar-refractivity contribution >= 4 is 28.0 Å². The van der Waals surface area contributed by atoms with Crippen molar-refractivity contribution < 1.29 is 16.5 Å². The fourth-order valence-corrected chi connectivity index (χ4v) is 10.2. The molecule has 0 nitrogen and oxygen atoms in total. The van der Waals surface area contributed by atoms with E-state index in [1.807, 2.05) is 36.4 Å². The smallest absolute Gasteiger partial charge is 0 e. The summed E-state index contributed by atoms with van der Waals surface area (Å²) in [5.74, 6) is 0. The van der Waals surface area contributed by atoms with Crippen LogP contribution in [0.15, 0.2) is 60.7 Å². The van der Waals surface area contributed by atoms with Crippen molar-refractivity contribution in [3.8, 4) is 0 Å². The first-order valence-electron chi connectivity index (χ1n) is 16.9. The van der Waals surface area contributed by atoms with Crippen LogP contribution >= 0.6 is 15.8 Å². The standard InChI is InChI=1S/C14H12.2C12H27P.Ni/c1-3-7-13(8-4-1)11-12-14-9-5-2-6-10-14;2*1-4-7-10-13(11-8-5-2)12-9-6-3;/h1-12H;2*4-12H2,1-3H3;. The summed E-state index contributed by atoms with van der Waals surface area (Å²) in [6, 6.07) is 20.6. The van der Waals surface area contributed by atoms with Gasteiger partial charge in [0.1, 0.15) is 0 Å². The van der Waals surface area contributed by atoms with E-state index in [-0.39, 0.29) is 16.5 Å². The first kappa shape index (κ1) is 42.7. The van der Waals surface area contributed by atoms with E-state index in [1.165, 1.54) is 88.2 Å². The van der Waals surface area contributed by atoms with E-state index in [9.17, 15) is 0 Å². The molecule has 2 rings (SSSR count). The maximum atomic E-state index is 2.31. The molecule has 0 aliphatic rings. The second kappa shape index (κ2) is 34.0. The fourth-order valence-electron chi connectivity index (χ4n) is 4.28. The van der Waals surface area contributed by atoms with Crippen LogP contribution in [0.2, 0.25) is 0 Å². The molecule has 0 aromatic heterocycles. The molecule has 3 heteroatoms. The van der Waals surface area contributed by atoms with E-state index in [4.69, 9.17) is 0 Å². The third kappa shape index (κ3) is 28.1. The van der Waals surface area contributed by atoms with Crippen LogP contribution in [0.4, 0.5) is 0 Å². The molecule has 0 heterocycles. The molecule has 0 amide bonds. The van der Waals surface area contributed by atoms with Gasteiger partial charge in [-0.05, 0) is 86.6 Å². The largest absolute Gasteiger partial charge is 0.107 e. The van der Waals surface area contributed by atoms with Crippen molar-refractivity contribution in [2.45, 2.75) is 119 Å². The predicted octanol–water partition coefficient (Wildman–Crippen LogP) is 13.6. The van der Waals surface area contributed by atoms with Crippen molar-refractivity contribution in [2.75, 3.05) is 37.0 Å². The molecule has 0 fully saturated rings. The fraction of sp³-hybridized carbons (Fsp3) is 0.632. The molecule has 0 radical (unpaired) electrons. The van der Waals surface area contributed by atoms with Gasteiger partial charge in [-0.3, -0.25) is 0 Å². The van der Waals surface area contributed by atoms with E-state index in [2.05, 4.69) is 78.0 Å². The van der Waals surface area contributed by atoms with E-state index in [0.717, 1.165) is 0 Å². The topological polar surface area (TPSA) is 0 Å². The first-order valence-corrected chi connectivity index (χ1v) is 20.7. The molecule has 0 aliphatic carbocycles. The summed E-state index contributed by atoms with van der Waals surface area (Å²) >= 11 is 0. The summed E-state index contributed by atoms with van der Waals surface area (Å²) < 4.78 is 0. The third-order valence-corrected chi connectivity index (χ3v) is 12.7. The molecule has 2 aromatic rings. The molecule has 0 unspecified atom stereocenters. The molecule has 238 valence electrons. The maximum absolute atomic E-state index is 2.31. The van der Waals surface area contributed by atoms with E-state index in [0.29, 0.717) is 15.8 Å². The van der Waals surface area contributed by atoms with Gasteiger partial charge in [-0.25, -0.2) is 0 Å². The molecule has 0 aliphatic heterocycles. The van der Waals surface area contributed by atoms with Crippen LogP contribution < -0.4 is 0 Å². The Balaban J connectivity index is 0. The van der Waals surface area contributed by atoms with Gasteiger partial charge in [0.2, 0.25) is 0 Å². The van der Waals surface area contributed by atoms with Crippen LogP contribution in [0.25, 0.3) is 12.2 Å². The van der Waals surface area contributed by atoms with Crippen molar-refractivity contribution in [1.82, 2.24) is 0 Å². The molecule has 0 saturated heterocycles. The summed E-state index contributed by atoms with van der Waals surface area (Å²) in [4.78, 5) is 0. The van der Waals surface area contributed by atoms with Gasteiger partial charge in [0.05, 0.1) is 0 Å². The number of rotatable bonds is 20. The van der Waals surface area contributed by atoms with E-state index < -0.39 is 0 Å². The first-order chi connectivity index (χ1) is 19.6. The zero-order valence-corrected chi connectivity index (χ0v) is 30.6. The Hall–Kier alpha value is -0.466. The summed E-state index contributed by atoms with van der Waals surface area (Å²) in [7, 11) is 0.843. The number of hydrogen-bond acceptors (Lipinski definition) is 0. The van der Waals surface area contributed by atoms with E-state index in [1.54, 1.807) is 37.0 Å². The van der Waals surface area contributed by atoms with Gasteiger partial charge in [0.25, 0.3) is 0 Å². The van der Waals surface area contributed by atoms with Crippen molar-refractivity contribution in [3.05, 3.63) is 71.8 Å². The van der Waals surface area contributed by atoms with Crippen LogP contribution in [-0.4, -0.2) is 37.0 Å². The minimum absolute atomic E-state index is 0. The van der Waals surface area contributed by atoms with Crippen LogP contribution in [0.1, 0.15) is 130 Å². The van der Waals surface area contributed by atoms with Gasteiger partial charge < -0.3 is 0 Å². The molecular formula is C38H66NiP2. The summed E-state index contributed by atoms with van der Waals surface area (Å²) in [6.07, 6.45) is 30.7. The molecule has 0 N–H and O–H groups in total.